The predicted octanol–water partition coefficient (Wildman–Crippen LogP) is 0.787. The third-order valence-corrected chi connectivity index (χ3v) is 3.22. The van der Waals surface area contributed by atoms with Crippen molar-refractivity contribution >= 4 is 5.78 Å². The maximum Gasteiger partial charge on any atom is 0.234 e. The van der Waals surface area contributed by atoms with E-state index in [2.05, 4.69) is 14.9 Å². The van der Waals surface area contributed by atoms with Crippen molar-refractivity contribution in [2.45, 2.75) is 20.4 Å². The number of rotatable bonds is 7. The number of methoxy groups -OCH3 is 1. The van der Waals surface area contributed by atoms with Crippen molar-refractivity contribution in [3.05, 3.63) is 29.3 Å². The lowest BCUT2D eigenvalue weighted by Crippen LogP contribution is -2.29. The number of nitrogens with zero attached hydrogens (tertiary/aromatic N) is 4. The molecule has 6 nitrogen and oxygen atoms in total. The van der Waals surface area contributed by atoms with E-state index in [4.69, 9.17) is 9.84 Å². The number of fused-ring (bicyclic) bond motifs is 1. The Hall–Kier alpha value is -1.50. The summed E-state index contributed by atoms with van der Waals surface area (Å²) >= 11 is 0. The molecule has 0 saturated heterocycles. The number of aliphatic hydroxyl groups excluding tert-OH is 1. The molecule has 6 heteroatoms. The second-order valence-electron chi connectivity index (χ2n) is 4.93. The molecule has 0 aliphatic heterocycles. The Morgan fingerprint density at radius 1 is 1.30 bits per heavy atom. The normalized spacial score (nSPS) is 11.7. The van der Waals surface area contributed by atoms with Gasteiger partial charge >= 0.3 is 0 Å². The quantitative estimate of drug-likeness (QED) is 0.811. The fourth-order valence-electron chi connectivity index (χ4n) is 2.26. The highest BCUT2D eigenvalue weighted by Crippen LogP contribution is 2.10. The van der Waals surface area contributed by atoms with Crippen molar-refractivity contribution < 1.29 is 9.84 Å². The maximum absolute atomic E-state index is 9.11. The molecule has 1 N–H and O–H groups in total. The third-order valence-electron chi connectivity index (χ3n) is 3.22. The first-order valence-electron chi connectivity index (χ1n) is 6.78. The first-order chi connectivity index (χ1) is 9.63. The van der Waals surface area contributed by atoms with Crippen LogP contribution in [0.5, 0.6) is 0 Å². The highest BCUT2D eigenvalue weighted by Gasteiger charge is 2.10. The topological polar surface area (TPSA) is 62.9 Å². The minimum absolute atomic E-state index is 0.132. The lowest BCUT2D eigenvalue weighted by molar-refractivity contribution is 0.126. The third kappa shape index (κ3) is 3.53. The zero-order valence-corrected chi connectivity index (χ0v) is 12.3. The molecule has 2 rings (SSSR count). The minimum atomic E-state index is 0.132. The molecule has 20 heavy (non-hydrogen) atoms. The Labute approximate surface area is 119 Å². The molecule has 2 aromatic heterocycles. The maximum atomic E-state index is 9.11. The van der Waals surface area contributed by atoms with Crippen LogP contribution in [0.15, 0.2) is 12.3 Å². The van der Waals surface area contributed by atoms with Crippen LogP contribution in [0, 0.1) is 13.8 Å². The second-order valence-corrected chi connectivity index (χ2v) is 4.93. The van der Waals surface area contributed by atoms with E-state index in [-0.39, 0.29) is 6.61 Å². The van der Waals surface area contributed by atoms with Gasteiger partial charge in [-0.25, -0.2) is 9.97 Å². The molecule has 0 aromatic carbocycles. The molecule has 0 atom stereocenters. The van der Waals surface area contributed by atoms with Gasteiger partial charge in [0.25, 0.3) is 0 Å². The number of hydrogen-bond acceptors (Lipinski definition) is 5. The van der Waals surface area contributed by atoms with Crippen LogP contribution in [0.2, 0.25) is 0 Å². The molecule has 0 saturated carbocycles. The first-order valence-corrected chi connectivity index (χ1v) is 6.78. The summed E-state index contributed by atoms with van der Waals surface area (Å²) in [4.78, 5) is 11.1. The number of aryl methyl sites for hydroxylation is 2. The molecule has 0 aliphatic carbocycles. The van der Waals surface area contributed by atoms with Gasteiger partial charge in [-0.1, -0.05) is 0 Å². The SMILES string of the molecule is COCCN(CCO)Cc1cn2c(C)cc(C)nc2n1. The van der Waals surface area contributed by atoms with Crippen molar-refractivity contribution in [2.24, 2.45) is 0 Å². The molecule has 2 heterocycles. The minimum Gasteiger partial charge on any atom is -0.395 e. The first kappa shape index (κ1) is 14.9. The van der Waals surface area contributed by atoms with E-state index in [0.29, 0.717) is 19.7 Å². The van der Waals surface area contributed by atoms with Gasteiger partial charge in [0.05, 0.1) is 18.9 Å². The molecule has 110 valence electrons. The van der Waals surface area contributed by atoms with Crippen LogP contribution >= 0.6 is 0 Å². The fraction of sp³-hybridized carbons (Fsp3) is 0.571. The lowest BCUT2D eigenvalue weighted by atomic mass is 10.3. The average molecular weight is 278 g/mol. The van der Waals surface area contributed by atoms with Gasteiger partial charge in [-0.2, -0.15) is 0 Å². The second kappa shape index (κ2) is 6.78. The van der Waals surface area contributed by atoms with Crippen molar-refractivity contribution in [2.75, 3.05) is 33.4 Å². The largest absolute Gasteiger partial charge is 0.395 e. The summed E-state index contributed by atoms with van der Waals surface area (Å²) in [5.74, 6) is 0.730. The van der Waals surface area contributed by atoms with Crippen molar-refractivity contribution in [1.82, 2.24) is 19.3 Å². The van der Waals surface area contributed by atoms with E-state index in [1.54, 1.807) is 7.11 Å². The molecule has 0 unspecified atom stereocenters. The Morgan fingerprint density at radius 2 is 2.10 bits per heavy atom. The van der Waals surface area contributed by atoms with Crippen LogP contribution < -0.4 is 0 Å². The Balaban J connectivity index is 2.17. The van der Waals surface area contributed by atoms with Crippen molar-refractivity contribution in [1.29, 1.82) is 0 Å². The van der Waals surface area contributed by atoms with E-state index in [1.807, 2.05) is 30.5 Å². The fourth-order valence-corrected chi connectivity index (χ4v) is 2.26. The van der Waals surface area contributed by atoms with E-state index in [1.165, 1.54) is 0 Å². The van der Waals surface area contributed by atoms with Crippen LogP contribution in [-0.4, -0.2) is 57.8 Å². The number of hydrogen-bond donors (Lipinski definition) is 1. The van der Waals surface area contributed by atoms with Gasteiger partial charge in [0, 0.05) is 44.3 Å². The monoisotopic (exact) mass is 278 g/mol. The molecule has 0 aliphatic rings. The van der Waals surface area contributed by atoms with Gasteiger partial charge in [-0.3, -0.25) is 9.30 Å². The van der Waals surface area contributed by atoms with Gasteiger partial charge in [-0.05, 0) is 19.9 Å². The molecular formula is C14H22N4O2. The summed E-state index contributed by atoms with van der Waals surface area (Å²) in [5, 5.41) is 9.11. The summed E-state index contributed by atoms with van der Waals surface area (Å²) < 4.78 is 7.08. The van der Waals surface area contributed by atoms with Gasteiger partial charge in [0.1, 0.15) is 0 Å². The Morgan fingerprint density at radius 3 is 2.80 bits per heavy atom. The van der Waals surface area contributed by atoms with Crippen molar-refractivity contribution in [3.8, 4) is 0 Å². The van der Waals surface area contributed by atoms with E-state index in [9.17, 15) is 0 Å². The molecule has 0 amide bonds. The van der Waals surface area contributed by atoms with E-state index < -0.39 is 0 Å². The number of aliphatic hydroxyl groups is 1. The Kier molecular flexibility index (Phi) is 5.05. The van der Waals surface area contributed by atoms with E-state index >= 15 is 0 Å². The summed E-state index contributed by atoms with van der Waals surface area (Å²) in [6.45, 7) is 6.86. The van der Waals surface area contributed by atoms with Crippen LogP contribution in [0.3, 0.4) is 0 Å². The highest BCUT2D eigenvalue weighted by molar-refractivity contribution is 5.34. The number of ether oxygens (including phenoxy) is 1. The zero-order valence-electron chi connectivity index (χ0n) is 12.3. The molecular weight excluding hydrogens is 256 g/mol. The predicted molar refractivity (Wildman–Crippen MR) is 76.7 cm³/mol. The van der Waals surface area contributed by atoms with Crippen LogP contribution in [0.25, 0.3) is 5.78 Å². The number of imidazole rings is 1. The molecule has 0 spiro atoms. The van der Waals surface area contributed by atoms with Crippen LogP contribution in [0.1, 0.15) is 17.1 Å². The summed E-state index contributed by atoms with van der Waals surface area (Å²) in [6, 6.07) is 2.04. The zero-order chi connectivity index (χ0) is 14.5. The van der Waals surface area contributed by atoms with Gasteiger partial charge in [0.15, 0.2) is 0 Å². The Bertz CT molecular complexity index is 568. The molecule has 0 fully saturated rings. The van der Waals surface area contributed by atoms with Crippen LogP contribution in [-0.2, 0) is 11.3 Å². The molecule has 0 radical (unpaired) electrons. The van der Waals surface area contributed by atoms with Crippen molar-refractivity contribution in [3.63, 3.8) is 0 Å². The summed E-state index contributed by atoms with van der Waals surface area (Å²) in [7, 11) is 1.68. The summed E-state index contributed by atoms with van der Waals surface area (Å²) in [6.07, 6.45) is 2.01. The average Bonchev–Trinajstić information content (AvgIpc) is 2.79. The van der Waals surface area contributed by atoms with Crippen LogP contribution in [0.4, 0.5) is 0 Å². The summed E-state index contributed by atoms with van der Waals surface area (Å²) in [5.41, 5.74) is 3.05. The van der Waals surface area contributed by atoms with Gasteiger partial charge in [0.2, 0.25) is 5.78 Å². The van der Waals surface area contributed by atoms with Gasteiger partial charge in [-0.15, -0.1) is 0 Å². The highest BCUT2D eigenvalue weighted by atomic mass is 16.5. The lowest BCUT2D eigenvalue weighted by Gasteiger charge is -2.19. The standard InChI is InChI=1S/C14H22N4O2/c1-11-8-12(2)18-10-13(16-14(18)15-11)9-17(4-6-19)5-7-20-3/h8,10,19H,4-7,9H2,1-3H3. The smallest absolute Gasteiger partial charge is 0.234 e. The van der Waals surface area contributed by atoms with E-state index in [0.717, 1.165) is 29.4 Å². The number of aromatic nitrogens is 3. The van der Waals surface area contributed by atoms with Gasteiger partial charge < -0.3 is 9.84 Å². The molecule has 2 aromatic rings. The molecule has 0 bridgehead atoms.